The van der Waals surface area contributed by atoms with Gasteiger partial charge in [-0.3, -0.25) is 4.90 Å². The molecule has 0 aliphatic rings. The van der Waals surface area contributed by atoms with E-state index in [9.17, 15) is 14.3 Å². The first-order chi connectivity index (χ1) is 13.2. The average Bonchev–Trinajstić information content (AvgIpc) is 2.64. The molecule has 2 aromatic carbocycles. The van der Waals surface area contributed by atoms with Gasteiger partial charge in [0.2, 0.25) is 0 Å². The number of amides is 1. The maximum Gasteiger partial charge on any atom is 0.414 e. The van der Waals surface area contributed by atoms with Crippen molar-refractivity contribution in [2.24, 2.45) is 0 Å². The third-order valence-electron chi connectivity index (χ3n) is 3.68. The molecule has 1 amide bonds. The van der Waals surface area contributed by atoms with Gasteiger partial charge in [-0.15, -0.1) is 0 Å². The summed E-state index contributed by atoms with van der Waals surface area (Å²) in [6.07, 6.45) is -1.94. The number of halogens is 1. The van der Waals surface area contributed by atoms with Gasteiger partial charge in [0.05, 0.1) is 24.9 Å². The summed E-state index contributed by atoms with van der Waals surface area (Å²) in [4.78, 5) is 13.6. The predicted octanol–water partition coefficient (Wildman–Crippen LogP) is 3.50. The summed E-state index contributed by atoms with van der Waals surface area (Å²) in [5.41, 5.74) is 0.315. The van der Waals surface area contributed by atoms with Gasteiger partial charge in [-0.05, 0) is 38.5 Å². The highest BCUT2D eigenvalue weighted by atomic mass is 19.1. The van der Waals surface area contributed by atoms with Crippen LogP contribution in [0.2, 0.25) is 0 Å². The maximum atomic E-state index is 14.5. The molecule has 0 fully saturated rings. The van der Waals surface area contributed by atoms with Gasteiger partial charge in [-0.2, -0.15) is 0 Å². The Hall–Kier alpha value is -2.64. The van der Waals surface area contributed by atoms with E-state index in [1.807, 2.05) is 30.3 Å². The van der Waals surface area contributed by atoms with Crippen LogP contribution in [0.3, 0.4) is 0 Å². The first-order valence-electron chi connectivity index (χ1n) is 8.95. The molecule has 7 heteroatoms. The summed E-state index contributed by atoms with van der Waals surface area (Å²) in [5, 5.41) is 18.9. The van der Waals surface area contributed by atoms with Crippen LogP contribution in [-0.4, -0.2) is 41.2 Å². The topological polar surface area (TPSA) is 79.2 Å². The van der Waals surface area contributed by atoms with E-state index in [0.717, 1.165) is 16.5 Å². The largest absolute Gasteiger partial charge is 0.486 e. The number of nitrogens with zero attached hydrogens (tertiary/aromatic N) is 1. The Kier molecular flexibility index (Phi) is 7.37. The minimum absolute atomic E-state index is 0.0412. The number of hydrogen-bond acceptors (Lipinski definition) is 5. The summed E-state index contributed by atoms with van der Waals surface area (Å²) >= 11 is 0. The van der Waals surface area contributed by atoms with Crippen LogP contribution < -0.4 is 9.64 Å². The van der Waals surface area contributed by atoms with Gasteiger partial charge in [-0.25, -0.2) is 9.18 Å². The number of hydrogen-bond donors (Lipinski definition) is 2. The molecule has 0 spiro atoms. The third-order valence-corrected chi connectivity index (χ3v) is 3.68. The normalized spacial score (nSPS) is 12.4. The number of anilines is 1. The van der Waals surface area contributed by atoms with Gasteiger partial charge < -0.3 is 19.7 Å². The van der Waals surface area contributed by atoms with E-state index < -0.39 is 30.2 Å². The summed E-state index contributed by atoms with van der Waals surface area (Å²) in [7, 11) is 0. The molecule has 0 radical (unpaired) electrons. The van der Waals surface area contributed by atoms with Gasteiger partial charge >= 0.3 is 6.09 Å². The lowest BCUT2D eigenvalue weighted by Gasteiger charge is -2.28. The van der Waals surface area contributed by atoms with Crippen molar-refractivity contribution in [2.75, 3.05) is 18.1 Å². The summed E-state index contributed by atoms with van der Waals surface area (Å²) in [5.74, 6) is -0.611. The summed E-state index contributed by atoms with van der Waals surface area (Å²) in [6.45, 7) is 4.53. The minimum atomic E-state index is -1.19. The number of carbonyl (C=O) groups is 1. The molecule has 0 unspecified atom stereocenters. The highest BCUT2D eigenvalue weighted by Gasteiger charge is 2.26. The van der Waals surface area contributed by atoms with Crippen LogP contribution in [0.15, 0.2) is 48.5 Å². The van der Waals surface area contributed by atoms with E-state index in [4.69, 9.17) is 14.6 Å². The second-order valence-corrected chi connectivity index (χ2v) is 7.32. The monoisotopic (exact) mass is 391 g/mol. The van der Waals surface area contributed by atoms with Crippen molar-refractivity contribution >= 4 is 11.8 Å². The standard InChI is InChI=1S/C21H26FNO5/c1-21(2,3)28-20(26)23(12-17(25)13-24)16-9-10-19(18(22)11-16)27-14-15-7-5-4-6-8-15/h4-11,17,24-25H,12-14H2,1-3H3/t17-/m1/s1. The Bertz CT molecular complexity index is 776. The van der Waals surface area contributed by atoms with Crippen molar-refractivity contribution in [3.63, 3.8) is 0 Å². The van der Waals surface area contributed by atoms with Crippen LogP contribution >= 0.6 is 0 Å². The molecule has 2 rings (SSSR count). The van der Waals surface area contributed by atoms with E-state index in [-0.39, 0.29) is 24.6 Å². The molecule has 28 heavy (non-hydrogen) atoms. The first-order valence-corrected chi connectivity index (χ1v) is 8.95. The highest BCUT2D eigenvalue weighted by Crippen LogP contribution is 2.26. The zero-order valence-electron chi connectivity index (χ0n) is 16.3. The van der Waals surface area contributed by atoms with E-state index in [1.165, 1.54) is 12.1 Å². The Morgan fingerprint density at radius 1 is 1.18 bits per heavy atom. The fraction of sp³-hybridized carbons (Fsp3) is 0.381. The molecule has 0 aromatic heterocycles. The number of ether oxygens (including phenoxy) is 2. The molecule has 0 aliphatic carbocycles. The van der Waals surface area contributed by atoms with Gasteiger partial charge in [0.25, 0.3) is 0 Å². The van der Waals surface area contributed by atoms with Crippen LogP contribution in [0, 0.1) is 5.82 Å². The van der Waals surface area contributed by atoms with Crippen molar-refractivity contribution in [1.82, 2.24) is 0 Å². The Labute approximate surface area is 164 Å². The quantitative estimate of drug-likeness (QED) is 0.755. The van der Waals surface area contributed by atoms with Crippen LogP contribution in [0.5, 0.6) is 5.75 Å². The van der Waals surface area contributed by atoms with Crippen molar-refractivity contribution in [1.29, 1.82) is 0 Å². The van der Waals surface area contributed by atoms with E-state index >= 15 is 0 Å². The summed E-state index contributed by atoms with van der Waals surface area (Å²) < 4.78 is 25.3. The molecule has 2 aromatic rings. The van der Waals surface area contributed by atoms with Crippen molar-refractivity contribution in [3.8, 4) is 5.75 Å². The van der Waals surface area contributed by atoms with Crippen LogP contribution in [0.4, 0.5) is 14.9 Å². The Morgan fingerprint density at radius 2 is 1.86 bits per heavy atom. The number of aliphatic hydroxyl groups is 2. The lowest BCUT2D eigenvalue weighted by molar-refractivity contribution is 0.0525. The molecule has 1 atom stereocenters. The third kappa shape index (κ3) is 6.51. The molecule has 0 saturated heterocycles. The molecular weight excluding hydrogens is 365 g/mol. The molecule has 0 bridgehead atoms. The maximum absolute atomic E-state index is 14.5. The van der Waals surface area contributed by atoms with Gasteiger partial charge in [0.1, 0.15) is 12.2 Å². The van der Waals surface area contributed by atoms with Gasteiger partial charge in [0.15, 0.2) is 11.6 Å². The fourth-order valence-electron chi connectivity index (χ4n) is 2.38. The lowest BCUT2D eigenvalue weighted by atomic mass is 10.2. The highest BCUT2D eigenvalue weighted by molar-refractivity contribution is 5.88. The Morgan fingerprint density at radius 3 is 2.43 bits per heavy atom. The fourth-order valence-corrected chi connectivity index (χ4v) is 2.38. The second-order valence-electron chi connectivity index (χ2n) is 7.32. The molecule has 0 heterocycles. The predicted molar refractivity (Wildman–Crippen MR) is 104 cm³/mol. The van der Waals surface area contributed by atoms with Crippen molar-refractivity contribution < 1.29 is 28.9 Å². The molecule has 0 saturated carbocycles. The first kappa shape index (κ1) is 21.7. The Balaban J connectivity index is 2.18. The van der Waals surface area contributed by atoms with Crippen LogP contribution in [-0.2, 0) is 11.3 Å². The molecule has 0 aliphatic heterocycles. The van der Waals surface area contributed by atoms with E-state index in [0.29, 0.717) is 0 Å². The number of benzene rings is 2. The molecule has 2 N–H and O–H groups in total. The van der Waals surface area contributed by atoms with Gasteiger partial charge in [0, 0.05) is 6.07 Å². The molecule has 152 valence electrons. The number of rotatable bonds is 7. The van der Waals surface area contributed by atoms with Crippen molar-refractivity contribution in [3.05, 3.63) is 59.9 Å². The summed E-state index contributed by atoms with van der Waals surface area (Å²) in [6, 6.07) is 13.4. The SMILES string of the molecule is CC(C)(C)OC(=O)N(C[C@@H](O)CO)c1ccc(OCc2ccccc2)c(F)c1. The van der Waals surface area contributed by atoms with Gasteiger partial charge in [-0.1, -0.05) is 30.3 Å². The van der Waals surface area contributed by atoms with E-state index in [2.05, 4.69) is 0 Å². The van der Waals surface area contributed by atoms with Crippen molar-refractivity contribution in [2.45, 2.75) is 39.1 Å². The smallest absolute Gasteiger partial charge is 0.414 e. The number of carbonyl (C=O) groups excluding carboxylic acids is 1. The lowest BCUT2D eigenvalue weighted by Crippen LogP contribution is -2.42. The van der Waals surface area contributed by atoms with Crippen LogP contribution in [0.25, 0.3) is 0 Å². The second kappa shape index (κ2) is 9.52. The molecule has 6 nitrogen and oxygen atoms in total. The van der Waals surface area contributed by atoms with E-state index in [1.54, 1.807) is 20.8 Å². The number of aliphatic hydroxyl groups excluding tert-OH is 2. The zero-order valence-corrected chi connectivity index (χ0v) is 16.3. The van der Waals surface area contributed by atoms with Crippen LogP contribution in [0.1, 0.15) is 26.3 Å². The average molecular weight is 391 g/mol. The molecular formula is C21H26FNO5. The minimum Gasteiger partial charge on any atom is -0.486 e. The zero-order chi connectivity index (χ0) is 20.7.